The van der Waals surface area contributed by atoms with Crippen molar-refractivity contribution in [2.45, 2.75) is 25.9 Å². The van der Waals surface area contributed by atoms with E-state index in [2.05, 4.69) is 0 Å². The van der Waals surface area contributed by atoms with Gasteiger partial charge in [-0.3, -0.25) is 4.79 Å². The van der Waals surface area contributed by atoms with Crippen molar-refractivity contribution in [3.63, 3.8) is 0 Å². The van der Waals surface area contributed by atoms with Crippen LogP contribution in [-0.4, -0.2) is 57.6 Å². The summed E-state index contributed by atoms with van der Waals surface area (Å²) in [5.41, 5.74) is 1.65. The van der Waals surface area contributed by atoms with Crippen LogP contribution < -0.4 is 14.2 Å². The number of benzene rings is 2. The molecule has 0 radical (unpaired) electrons. The molecule has 0 bridgehead atoms. The van der Waals surface area contributed by atoms with Crippen LogP contribution in [0.5, 0.6) is 17.2 Å². The number of hydrogen-bond acceptors (Lipinski definition) is 6. The number of amides is 1. The number of ether oxygens (including phenoxy) is 3. The summed E-state index contributed by atoms with van der Waals surface area (Å²) >= 11 is 6.04. The normalized spacial score (nSPS) is 17.2. The van der Waals surface area contributed by atoms with E-state index in [9.17, 15) is 13.2 Å². The van der Waals surface area contributed by atoms with Crippen molar-refractivity contribution >= 4 is 27.3 Å². The van der Waals surface area contributed by atoms with Crippen LogP contribution in [-0.2, 0) is 21.2 Å². The van der Waals surface area contributed by atoms with Crippen LogP contribution in [0.3, 0.4) is 0 Å². The largest absolute Gasteiger partial charge is 0.493 e. The SMILES string of the molecule is COc1ccc(CN(C(=O)COc2ccc(Cl)c(C)c2)C2CCS(=O)(=O)C2)cc1OC. The molecule has 0 saturated carbocycles. The van der Waals surface area contributed by atoms with Gasteiger partial charge in [0.15, 0.2) is 27.9 Å². The van der Waals surface area contributed by atoms with Gasteiger partial charge in [-0.25, -0.2) is 8.42 Å². The van der Waals surface area contributed by atoms with E-state index < -0.39 is 15.9 Å². The molecule has 2 aromatic carbocycles. The van der Waals surface area contributed by atoms with Crippen molar-refractivity contribution in [3.8, 4) is 17.2 Å². The van der Waals surface area contributed by atoms with Crippen LogP contribution in [0.1, 0.15) is 17.5 Å². The van der Waals surface area contributed by atoms with Gasteiger partial charge in [-0.1, -0.05) is 17.7 Å². The van der Waals surface area contributed by atoms with Crippen LogP contribution in [0.2, 0.25) is 5.02 Å². The number of hydrogen-bond donors (Lipinski definition) is 0. The van der Waals surface area contributed by atoms with Crippen molar-refractivity contribution in [2.24, 2.45) is 0 Å². The standard InChI is InChI=1S/C22H26ClNO6S/c1-15-10-18(5-6-19(15)23)30-13-22(25)24(17-8-9-31(26,27)14-17)12-16-4-7-20(28-2)21(11-16)29-3/h4-7,10-11,17H,8-9,12-14H2,1-3H3. The third-order valence-corrected chi connectivity index (χ3v) is 7.44. The van der Waals surface area contributed by atoms with E-state index in [0.29, 0.717) is 28.7 Å². The van der Waals surface area contributed by atoms with Gasteiger partial charge in [0.05, 0.1) is 25.7 Å². The Morgan fingerprint density at radius 2 is 1.87 bits per heavy atom. The van der Waals surface area contributed by atoms with Gasteiger partial charge in [-0.2, -0.15) is 0 Å². The highest BCUT2D eigenvalue weighted by Gasteiger charge is 2.35. The van der Waals surface area contributed by atoms with Gasteiger partial charge in [0.2, 0.25) is 0 Å². The first-order valence-electron chi connectivity index (χ1n) is 9.82. The zero-order valence-electron chi connectivity index (χ0n) is 17.8. The predicted molar refractivity (Wildman–Crippen MR) is 119 cm³/mol. The fourth-order valence-electron chi connectivity index (χ4n) is 3.55. The summed E-state index contributed by atoms with van der Waals surface area (Å²) in [6.07, 6.45) is 0.404. The second-order valence-corrected chi connectivity index (χ2v) is 10.1. The second kappa shape index (κ2) is 9.78. The fourth-order valence-corrected chi connectivity index (χ4v) is 5.40. The first kappa shape index (κ1) is 23.2. The molecule has 1 atom stereocenters. The third-order valence-electron chi connectivity index (χ3n) is 5.26. The lowest BCUT2D eigenvalue weighted by molar-refractivity contribution is -0.136. The molecule has 0 aromatic heterocycles. The van der Waals surface area contributed by atoms with Gasteiger partial charge in [0, 0.05) is 17.6 Å². The van der Waals surface area contributed by atoms with Crippen molar-refractivity contribution < 1.29 is 27.4 Å². The van der Waals surface area contributed by atoms with Gasteiger partial charge in [-0.05, 0) is 54.8 Å². The van der Waals surface area contributed by atoms with Gasteiger partial charge in [0.1, 0.15) is 5.75 Å². The van der Waals surface area contributed by atoms with E-state index in [4.69, 9.17) is 25.8 Å². The average Bonchev–Trinajstić information content (AvgIpc) is 3.11. The zero-order valence-corrected chi connectivity index (χ0v) is 19.3. The minimum absolute atomic E-state index is 0.0495. The van der Waals surface area contributed by atoms with E-state index >= 15 is 0 Å². The number of halogens is 1. The molecule has 0 aliphatic carbocycles. The van der Waals surface area contributed by atoms with Crippen LogP contribution in [0.25, 0.3) is 0 Å². The van der Waals surface area contributed by atoms with Crippen LogP contribution in [0.4, 0.5) is 0 Å². The number of sulfone groups is 1. The summed E-state index contributed by atoms with van der Waals surface area (Å²) < 4.78 is 40.3. The van der Waals surface area contributed by atoms with E-state index in [0.717, 1.165) is 11.1 Å². The van der Waals surface area contributed by atoms with E-state index in [1.54, 1.807) is 42.3 Å². The third kappa shape index (κ3) is 5.83. The van der Waals surface area contributed by atoms with Crippen molar-refractivity contribution in [2.75, 3.05) is 32.3 Å². The highest BCUT2D eigenvalue weighted by molar-refractivity contribution is 7.91. The quantitative estimate of drug-likeness (QED) is 0.592. The van der Waals surface area contributed by atoms with Crippen molar-refractivity contribution in [1.29, 1.82) is 0 Å². The molecule has 1 saturated heterocycles. The highest BCUT2D eigenvalue weighted by atomic mass is 35.5. The molecule has 1 unspecified atom stereocenters. The Kier molecular flexibility index (Phi) is 7.33. The minimum atomic E-state index is -3.16. The molecule has 0 spiro atoms. The van der Waals surface area contributed by atoms with Gasteiger partial charge in [0.25, 0.3) is 5.91 Å². The molecular weight excluding hydrogens is 442 g/mol. The molecule has 168 valence electrons. The monoisotopic (exact) mass is 467 g/mol. The maximum absolute atomic E-state index is 13.1. The number of methoxy groups -OCH3 is 2. The number of carbonyl (C=O) groups is 1. The topological polar surface area (TPSA) is 82.1 Å². The number of aryl methyl sites for hydroxylation is 1. The molecule has 9 heteroatoms. The maximum atomic E-state index is 13.1. The van der Waals surface area contributed by atoms with E-state index in [-0.39, 0.29) is 30.6 Å². The van der Waals surface area contributed by atoms with Gasteiger partial charge >= 0.3 is 0 Å². The summed E-state index contributed by atoms with van der Waals surface area (Å²) in [7, 11) is -0.0754. The molecule has 1 heterocycles. The summed E-state index contributed by atoms with van der Waals surface area (Å²) in [5.74, 6) is 1.38. The minimum Gasteiger partial charge on any atom is -0.493 e. The molecule has 1 aliphatic heterocycles. The lowest BCUT2D eigenvalue weighted by Crippen LogP contribution is -2.43. The van der Waals surface area contributed by atoms with Crippen LogP contribution in [0.15, 0.2) is 36.4 Å². The smallest absolute Gasteiger partial charge is 0.261 e. The summed E-state index contributed by atoms with van der Waals surface area (Å²) in [5, 5.41) is 0.616. The Hall–Kier alpha value is -2.45. The lowest BCUT2D eigenvalue weighted by Gasteiger charge is -2.28. The first-order chi connectivity index (χ1) is 14.7. The van der Waals surface area contributed by atoms with Crippen LogP contribution in [0, 0.1) is 6.92 Å². The Morgan fingerprint density at radius 1 is 1.13 bits per heavy atom. The second-order valence-electron chi connectivity index (χ2n) is 7.47. The first-order valence-corrected chi connectivity index (χ1v) is 12.0. The Bertz CT molecular complexity index is 1060. The molecule has 0 N–H and O–H groups in total. The number of carbonyl (C=O) groups excluding carboxylic acids is 1. The Labute approximate surface area is 187 Å². The highest BCUT2D eigenvalue weighted by Crippen LogP contribution is 2.29. The average molecular weight is 468 g/mol. The molecule has 1 fully saturated rings. The zero-order chi connectivity index (χ0) is 22.6. The molecule has 1 amide bonds. The molecule has 3 rings (SSSR count). The Morgan fingerprint density at radius 3 is 2.48 bits per heavy atom. The Balaban J connectivity index is 1.79. The fraction of sp³-hybridized carbons (Fsp3) is 0.409. The molecule has 31 heavy (non-hydrogen) atoms. The van der Waals surface area contributed by atoms with Crippen molar-refractivity contribution in [3.05, 3.63) is 52.5 Å². The number of nitrogens with zero attached hydrogens (tertiary/aromatic N) is 1. The maximum Gasteiger partial charge on any atom is 0.261 e. The summed E-state index contributed by atoms with van der Waals surface area (Å²) in [6, 6.07) is 10.1. The van der Waals surface area contributed by atoms with Crippen LogP contribution >= 0.6 is 11.6 Å². The predicted octanol–water partition coefficient (Wildman–Crippen LogP) is 3.26. The lowest BCUT2D eigenvalue weighted by atomic mass is 10.1. The van der Waals surface area contributed by atoms with E-state index in [1.165, 1.54) is 7.11 Å². The molecular formula is C22H26ClNO6S. The van der Waals surface area contributed by atoms with Gasteiger partial charge in [-0.15, -0.1) is 0 Å². The van der Waals surface area contributed by atoms with Crippen molar-refractivity contribution in [1.82, 2.24) is 4.90 Å². The number of rotatable bonds is 8. The van der Waals surface area contributed by atoms with Gasteiger partial charge < -0.3 is 19.1 Å². The summed E-state index contributed by atoms with van der Waals surface area (Å²) in [6.45, 7) is 1.89. The molecule has 2 aromatic rings. The summed E-state index contributed by atoms with van der Waals surface area (Å²) in [4.78, 5) is 14.7. The van der Waals surface area contributed by atoms with E-state index in [1.807, 2.05) is 13.0 Å². The molecule has 1 aliphatic rings. The molecule has 7 nitrogen and oxygen atoms in total.